The minimum absolute atomic E-state index is 0.908. The molecule has 0 saturated carbocycles. The highest BCUT2D eigenvalue weighted by Gasteiger charge is 1.99. The number of para-hydroxylation sites is 1. The van der Waals surface area contributed by atoms with Crippen LogP contribution in [0.15, 0.2) is 43.1 Å². The SMILES string of the molecule is C=CCCNCc1cccc2cc[nH]c12. The zero-order valence-corrected chi connectivity index (χ0v) is 8.79. The molecule has 2 aromatic rings. The Morgan fingerprint density at radius 1 is 1.33 bits per heavy atom. The van der Waals surface area contributed by atoms with E-state index < -0.39 is 0 Å². The maximum Gasteiger partial charge on any atom is 0.0499 e. The summed E-state index contributed by atoms with van der Waals surface area (Å²) in [4.78, 5) is 3.27. The number of nitrogens with one attached hydrogen (secondary N) is 2. The van der Waals surface area contributed by atoms with Gasteiger partial charge in [-0.3, -0.25) is 0 Å². The first kappa shape index (κ1) is 9.99. The third kappa shape index (κ3) is 2.28. The van der Waals surface area contributed by atoms with Crippen molar-refractivity contribution in [1.29, 1.82) is 0 Å². The summed E-state index contributed by atoms with van der Waals surface area (Å²) < 4.78 is 0. The fraction of sp³-hybridized carbons (Fsp3) is 0.231. The van der Waals surface area contributed by atoms with E-state index in [4.69, 9.17) is 0 Å². The van der Waals surface area contributed by atoms with Gasteiger partial charge in [0.1, 0.15) is 0 Å². The van der Waals surface area contributed by atoms with Crippen LogP contribution in [0.4, 0.5) is 0 Å². The predicted octanol–water partition coefficient (Wildman–Crippen LogP) is 2.83. The number of rotatable bonds is 5. The van der Waals surface area contributed by atoms with Gasteiger partial charge in [0.25, 0.3) is 0 Å². The topological polar surface area (TPSA) is 27.8 Å². The molecule has 2 N–H and O–H groups in total. The number of aromatic nitrogens is 1. The van der Waals surface area contributed by atoms with E-state index in [-0.39, 0.29) is 0 Å². The molecule has 0 spiro atoms. The maximum absolute atomic E-state index is 3.70. The smallest absolute Gasteiger partial charge is 0.0499 e. The van der Waals surface area contributed by atoms with E-state index in [0.717, 1.165) is 19.5 Å². The van der Waals surface area contributed by atoms with Crippen LogP contribution in [0.5, 0.6) is 0 Å². The van der Waals surface area contributed by atoms with E-state index in [1.807, 2.05) is 12.3 Å². The van der Waals surface area contributed by atoms with E-state index in [1.165, 1.54) is 16.5 Å². The Labute approximate surface area is 90.0 Å². The van der Waals surface area contributed by atoms with Crippen LogP contribution in [0.3, 0.4) is 0 Å². The first-order chi connectivity index (χ1) is 7.42. The lowest BCUT2D eigenvalue weighted by Crippen LogP contribution is -2.14. The van der Waals surface area contributed by atoms with Crippen molar-refractivity contribution in [1.82, 2.24) is 10.3 Å². The van der Waals surface area contributed by atoms with Gasteiger partial charge in [0.2, 0.25) is 0 Å². The molecular formula is C13H16N2. The zero-order chi connectivity index (χ0) is 10.5. The molecule has 0 saturated heterocycles. The molecule has 0 aliphatic heterocycles. The quantitative estimate of drug-likeness (QED) is 0.563. The summed E-state index contributed by atoms with van der Waals surface area (Å²) in [6.45, 7) is 5.60. The Balaban J connectivity index is 2.07. The molecular weight excluding hydrogens is 184 g/mol. The first-order valence-corrected chi connectivity index (χ1v) is 5.28. The Morgan fingerprint density at radius 3 is 3.13 bits per heavy atom. The fourth-order valence-corrected chi connectivity index (χ4v) is 1.72. The van der Waals surface area contributed by atoms with Gasteiger partial charge in [-0.1, -0.05) is 24.3 Å². The average molecular weight is 200 g/mol. The van der Waals surface area contributed by atoms with Gasteiger partial charge in [-0.2, -0.15) is 0 Å². The number of H-pyrrole nitrogens is 1. The van der Waals surface area contributed by atoms with Crippen LogP contribution in [0.1, 0.15) is 12.0 Å². The van der Waals surface area contributed by atoms with Gasteiger partial charge in [-0.15, -0.1) is 6.58 Å². The van der Waals surface area contributed by atoms with Crippen molar-refractivity contribution >= 4 is 10.9 Å². The van der Waals surface area contributed by atoms with Gasteiger partial charge in [0.15, 0.2) is 0 Å². The van der Waals surface area contributed by atoms with Crippen LogP contribution in [0, 0.1) is 0 Å². The van der Waals surface area contributed by atoms with Gasteiger partial charge in [0, 0.05) is 18.3 Å². The van der Waals surface area contributed by atoms with Crippen molar-refractivity contribution in [3.63, 3.8) is 0 Å². The molecule has 0 unspecified atom stereocenters. The molecule has 2 nitrogen and oxygen atoms in total. The van der Waals surface area contributed by atoms with Crippen molar-refractivity contribution in [2.24, 2.45) is 0 Å². The Bertz CT molecular complexity index is 442. The van der Waals surface area contributed by atoms with Crippen LogP contribution in [0.25, 0.3) is 10.9 Å². The first-order valence-electron chi connectivity index (χ1n) is 5.28. The molecule has 0 aliphatic rings. The third-order valence-electron chi connectivity index (χ3n) is 2.51. The molecule has 0 bridgehead atoms. The molecule has 1 aromatic heterocycles. The molecule has 0 fully saturated rings. The largest absolute Gasteiger partial charge is 0.361 e. The van der Waals surface area contributed by atoms with Crippen LogP contribution in [-0.2, 0) is 6.54 Å². The lowest BCUT2D eigenvalue weighted by Gasteiger charge is -2.04. The fourth-order valence-electron chi connectivity index (χ4n) is 1.72. The van der Waals surface area contributed by atoms with Crippen molar-refractivity contribution < 1.29 is 0 Å². The minimum Gasteiger partial charge on any atom is -0.361 e. The molecule has 0 atom stereocenters. The molecule has 1 heterocycles. The Kier molecular flexibility index (Phi) is 3.20. The second-order valence-electron chi connectivity index (χ2n) is 3.61. The number of aromatic amines is 1. The molecule has 15 heavy (non-hydrogen) atoms. The Morgan fingerprint density at radius 2 is 2.27 bits per heavy atom. The molecule has 1 aromatic carbocycles. The van der Waals surface area contributed by atoms with Gasteiger partial charge >= 0.3 is 0 Å². The third-order valence-corrected chi connectivity index (χ3v) is 2.51. The monoisotopic (exact) mass is 200 g/mol. The van der Waals surface area contributed by atoms with E-state index in [2.05, 4.69) is 41.1 Å². The average Bonchev–Trinajstić information content (AvgIpc) is 2.73. The van der Waals surface area contributed by atoms with E-state index >= 15 is 0 Å². The summed E-state index contributed by atoms with van der Waals surface area (Å²) in [5, 5.41) is 4.67. The normalized spacial score (nSPS) is 10.7. The van der Waals surface area contributed by atoms with E-state index in [0.29, 0.717) is 0 Å². The highest BCUT2D eigenvalue weighted by Crippen LogP contribution is 2.16. The van der Waals surface area contributed by atoms with Crippen molar-refractivity contribution in [2.45, 2.75) is 13.0 Å². The Hall–Kier alpha value is -1.54. The highest BCUT2D eigenvalue weighted by atomic mass is 14.8. The molecule has 0 aliphatic carbocycles. The molecule has 2 heteroatoms. The van der Waals surface area contributed by atoms with Crippen molar-refractivity contribution in [3.8, 4) is 0 Å². The van der Waals surface area contributed by atoms with E-state index in [1.54, 1.807) is 0 Å². The van der Waals surface area contributed by atoms with Crippen molar-refractivity contribution in [2.75, 3.05) is 6.54 Å². The summed E-state index contributed by atoms with van der Waals surface area (Å²) >= 11 is 0. The maximum atomic E-state index is 3.70. The molecule has 78 valence electrons. The second kappa shape index (κ2) is 4.80. The summed E-state index contributed by atoms with van der Waals surface area (Å²) in [5.41, 5.74) is 2.56. The van der Waals surface area contributed by atoms with Crippen molar-refractivity contribution in [3.05, 3.63) is 48.7 Å². The van der Waals surface area contributed by atoms with Gasteiger partial charge in [0.05, 0.1) is 0 Å². The lowest BCUT2D eigenvalue weighted by molar-refractivity contribution is 0.698. The lowest BCUT2D eigenvalue weighted by atomic mass is 10.1. The summed E-state index contributed by atoms with van der Waals surface area (Å²) in [5.74, 6) is 0. The number of fused-ring (bicyclic) bond motifs is 1. The predicted molar refractivity (Wildman–Crippen MR) is 64.8 cm³/mol. The molecule has 0 radical (unpaired) electrons. The summed E-state index contributed by atoms with van der Waals surface area (Å²) in [7, 11) is 0. The zero-order valence-electron chi connectivity index (χ0n) is 8.79. The molecule has 2 rings (SSSR count). The summed E-state index contributed by atoms with van der Waals surface area (Å²) in [6.07, 6.45) is 4.93. The number of benzene rings is 1. The van der Waals surface area contributed by atoms with Crippen LogP contribution >= 0.6 is 0 Å². The second-order valence-corrected chi connectivity index (χ2v) is 3.61. The van der Waals surface area contributed by atoms with Gasteiger partial charge in [-0.05, 0) is 30.0 Å². The number of hydrogen-bond donors (Lipinski definition) is 2. The minimum atomic E-state index is 0.908. The summed E-state index contributed by atoms with van der Waals surface area (Å²) in [6, 6.07) is 8.47. The number of hydrogen-bond acceptors (Lipinski definition) is 1. The van der Waals surface area contributed by atoms with Gasteiger partial charge in [-0.25, -0.2) is 0 Å². The van der Waals surface area contributed by atoms with Crippen LogP contribution in [-0.4, -0.2) is 11.5 Å². The molecule has 0 amide bonds. The van der Waals surface area contributed by atoms with Crippen LogP contribution < -0.4 is 5.32 Å². The highest BCUT2D eigenvalue weighted by molar-refractivity contribution is 5.82. The van der Waals surface area contributed by atoms with Gasteiger partial charge < -0.3 is 10.3 Å². The standard InChI is InChI=1S/C13H16N2/c1-2-3-8-14-10-12-6-4-5-11-7-9-15-13(11)12/h2,4-7,9,14-15H,1,3,8,10H2. The van der Waals surface area contributed by atoms with Crippen LogP contribution in [0.2, 0.25) is 0 Å². The van der Waals surface area contributed by atoms with E-state index in [9.17, 15) is 0 Å².